The van der Waals surface area contributed by atoms with Gasteiger partial charge in [0.1, 0.15) is 0 Å². The van der Waals surface area contributed by atoms with Crippen LogP contribution in [0, 0.1) is 10.1 Å². The monoisotopic (exact) mass is 390 g/mol. The van der Waals surface area contributed by atoms with Gasteiger partial charge >= 0.3 is 5.69 Å². The highest BCUT2D eigenvalue weighted by Gasteiger charge is 2.29. The van der Waals surface area contributed by atoms with Crippen LogP contribution in [0.4, 0.5) is 5.69 Å². The van der Waals surface area contributed by atoms with Gasteiger partial charge in [-0.2, -0.15) is 0 Å². The first-order valence-corrected chi connectivity index (χ1v) is 9.17. The summed E-state index contributed by atoms with van der Waals surface area (Å²) in [7, 11) is 1.35. The number of carbonyl (C=O) groups is 1. The Hall–Kier alpha value is -3.67. The normalized spacial score (nSPS) is 11.0. The summed E-state index contributed by atoms with van der Waals surface area (Å²) in [6.45, 7) is 2.40. The van der Waals surface area contributed by atoms with E-state index >= 15 is 0 Å². The van der Waals surface area contributed by atoms with Crippen molar-refractivity contribution in [2.45, 2.75) is 12.3 Å². The molecule has 3 aromatic rings. The first-order valence-electron chi connectivity index (χ1n) is 9.17. The average Bonchev–Trinajstić information content (AvgIpc) is 2.77. The van der Waals surface area contributed by atoms with Crippen molar-refractivity contribution in [2.75, 3.05) is 13.7 Å². The zero-order valence-corrected chi connectivity index (χ0v) is 16.3. The molecule has 0 unspecified atom stereocenters. The minimum atomic E-state index is -0.562. The Bertz CT molecular complexity index is 964. The predicted molar refractivity (Wildman–Crippen MR) is 111 cm³/mol. The van der Waals surface area contributed by atoms with Crippen molar-refractivity contribution in [1.82, 2.24) is 5.32 Å². The van der Waals surface area contributed by atoms with Gasteiger partial charge in [0.25, 0.3) is 5.91 Å². The molecule has 29 heavy (non-hydrogen) atoms. The van der Waals surface area contributed by atoms with E-state index in [1.807, 2.05) is 60.7 Å². The Kier molecular flexibility index (Phi) is 5.93. The summed E-state index contributed by atoms with van der Waals surface area (Å²) < 4.78 is 5.00. The molecule has 0 saturated heterocycles. The molecular formula is C23H22N2O4. The van der Waals surface area contributed by atoms with Crippen molar-refractivity contribution in [3.63, 3.8) is 0 Å². The number of ether oxygens (including phenoxy) is 1. The number of hydrogen-bond donors (Lipinski definition) is 1. The molecule has 3 rings (SSSR count). The molecule has 0 radical (unpaired) electrons. The standard InChI is InChI=1S/C23H22N2O4/c1-23(18-9-5-3-6-10-18,19-11-7-4-8-12-19)16-24-22(26)17-13-14-21(29-2)20(15-17)25(27)28/h3-15H,16H2,1-2H3,(H,24,26). The molecule has 0 aliphatic carbocycles. The highest BCUT2D eigenvalue weighted by Crippen LogP contribution is 2.32. The molecule has 0 heterocycles. The lowest BCUT2D eigenvalue weighted by atomic mass is 9.76. The molecule has 1 N–H and O–H groups in total. The molecule has 0 aliphatic rings. The Morgan fingerprint density at radius 3 is 2.03 bits per heavy atom. The maximum atomic E-state index is 12.8. The van der Waals surface area contributed by atoms with E-state index in [0.29, 0.717) is 6.54 Å². The first-order chi connectivity index (χ1) is 14.0. The molecule has 0 aromatic heterocycles. The lowest BCUT2D eigenvalue weighted by molar-refractivity contribution is -0.385. The fourth-order valence-electron chi connectivity index (χ4n) is 3.32. The largest absolute Gasteiger partial charge is 0.490 e. The molecule has 0 fully saturated rings. The van der Waals surface area contributed by atoms with Crippen molar-refractivity contribution in [3.8, 4) is 5.75 Å². The Balaban J connectivity index is 1.88. The number of methoxy groups -OCH3 is 1. The van der Waals surface area contributed by atoms with Crippen LogP contribution in [0.2, 0.25) is 0 Å². The number of nitrogens with zero attached hydrogens (tertiary/aromatic N) is 1. The van der Waals surface area contributed by atoms with Crippen molar-refractivity contribution in [2.24, 2.45) is 0 Å². The van der Waals surface area contributed by atoms with Gasteiger partial charge in [-0.1, -0.05) is 60.7 Å². The molecule has 0 spiro atoms. The van der Waals surface area contributed by atoms with Crippen LogP contribution < -0.4 is 10.1 Å². The quantitative estimate of drug-likeness (QED) is 0.481. The number of nitro benzene ring substituents is 1. The van der Waals surface area contributed by atoms with Gasteiger partial charge in [0.15, 0.2) is 5.75 Å². The summed E-state index contributed by atoms with van der Waals surface area (Å²) in [5.41, 5.74) is 1.63. The minimum absolute atomic E-state index is 0.116. The number of amides is 1. The number of rotatable bonds is 7. The third kappa shape index (κ3) is 4.27. The zero-order chi connectivity index (χ0) is 20.9. The van der Waals surface area contributed by atoms with Crippen LogP contribution in [-0.2, 0) is 5.41 Å². The van der Waals surface area contributed by atoms with Gasteiger partial charge in [-0.15, -0.1) is 0 Å². The number of carbonyl (C=O) groups excluding carboxylic acids is 1. The van der Waals surface area contributed by atoms with Gasteiger partial charge in [-0.3, -0.25) is 14.9 Å². The smallest absolute Gasteiger partial charge is 0.311 e. The van der Waals surface area contributed by atoms with Crippen LogP contribution in [0.25, 0.3) is 0 Å². The zero-order valence-electron chi connectivity index (χ0n) is 16.3. The first kappa shape index (κ1) is 20.1. The SMILES string of the molecule is COc1ccc(C(=O)NCC(C)(c2ccccc2)c2ccccc2)cc1[N+](=O)[O-]. The van der Waals surface area contributed by atoms with Gasteiger partial charge < -0.3 is 10.1 Å². The molecule has 3 aromatic carbocycles. The third-order valence-electron chi connectivity index (χ3n) is 5.06. The van der Waals surface area contributed by atoms with Gasteiger partial charge in [-0.05, 0) is 30.2 Å². The summed E-state index contributed by atoms with van der Waals surface area (Å²) in [5, 5.41) is 14.2. The second-order valence-corrected chi connectivity index (χ2v) is 6.89. The highest BCUT2D eigenvalue weighted by atomic mass is 16.6. The van der Waals surface area contributed by atoms with Crippen molar-refractivity contribution in [3.05, 3.63) is 106 Å². The Morgan fingerprint density at radius 2 is 1.55 bits per heavy atom. The van der Waals surface area contributed by atoms with Crippen LogP contribution in [0.3, 0.4) is 0 Å². The number of benzene rings is 3. The van der Waals surface area contributed by atoms with Crippen molar-refractivity contribution < 1.29 is 14.5 Å². The predicted octanol–water partition coefficient (Wildman–Crippen LogP) is 4.34. The van der Waals surface area contributed by atoms with Crippen LogP contribution >= 0.6 is 0 Å². The Morgan fingerprint density at radius 1 is 1.00 bits per heavy atom. The molecule has 1 amide bonds. The topological polar surface area (TPSA) is 81.5 Å². The van der Waals surface area contributed by atoms with E-state index in [1.54, 1.807) is 0 Å². The van der Waals surface area contributed by atoms with Crippen LogP contribution in [-0.4, -0.2) is 24.5 Å². The molecule has 6 nitrogen and oxygen atoms in total. The third-order valence-corrected chi connectivity index (χ3v) is 5.06. The fraction of sp³-hybridized carbons (Fsp3) is 0.174. The second-order valence-electron chi connectivity index (χ2n) is 6.89. The van der Waals surface area contributed by atoms with E-state index in [4.69, 9.17) is 4.74 Å². The van der Waals surface area contributed by atoms with Crippen LogP contribution in [0.1, 0.15) is 28.4 Å². The summed E-state index contributed by atoms with van der Waals surface area (Å²) in [4.78, 5) is 23.4. The fourth-order valence-corrected chi connectivity index (χ4v) is 3.32. The molecule has 0 bridgehead atoms. The maximum Gasteiger partial charge on any atom is 0.311 e. The van der Waals surface area contributed by atoms with E-state index in [9.17, 15) is 14.9 Å². The van der Waals surface area contributed by atoms with E-state index in [2.05, 4.69) is 12.2 Å². The van der Waals surface area contributed by atoms with Crippen molar-refractivity contribution >= 4 is 11.6 Å². The van der Waals surface area contributed by atoms with E-state index in [1.165, 1.54) is 25.3 Å². The lowest BCUT2D eigenvalue weighted by Crippen LogP contribution is -2.39. The molecule has 0 aliphatic heterocycles. The van der Waals surface area contributed by atoms with Crippen LogP contribution in [0.15, 0.2) is 78.9 Å². The molecule has 6 heteroatoms. The number of nitrogens with one attached hydrogen (secondary N) is 1. The van der Waals surface area contributed by atoms with E-state index in [0.717, 1.165) is 11.1 Å². The average molecular weight is 390 g/mol. The van der Waals surface area contributed by atoms with Gasteiger partial charge in [-0.25, -0.2) is 0 Å². The number of nitro groups is 1. The lowest BCUT2D eigenvalue weighted by Gasteiger charge is -2.31. The Labute approximate surface area is 169 Å². The highest BCUT2D eigenvalue weighted by molar-refractivity contribution is 5.95. The van der Waals surface area contributed by atoms with Crippen LogP contribution in [0.5, 0.6) is 5.75 Å². The second kappa shape index (κ2) is 8.56. The van der Waals surface area contributed by atoms with E-state index in [-0.39, 0.29) is 22.9 Å². The molecular weight excluding hydrogens is 368 g/mol. The van der Waals surface area contributed by atoms with Gasteiger partial charge in [0.2, 0.25) is 0 Å². The van der Waals surface area contributed by atoms with Crippen molar-refractivity contribution in [1.29, 1.82) is 0 Å². The maximum absolute atomic E-state index is 12.8. The van der Waals surface area contributed by atoms with Gasteiger partial charge in [0.05, 0.1) is 12.0 Å². The summed E-state index contributed by atoms with van der Waals surface area (Å²) >= 11 is 0. The van der Waals surface area contributed by atoms with E-state index < -0.39 is 10.3 Å². The molecule has 148 valence electrons. The summed E-state index contributed by atoms with van der Waals surface area (Å²) in [5.74, 6) is -0.265. The summed E-state index contributed by atoms with van der Waals surface area (Å²) in [6.07, 6.45) is 0. The summed E-state index contributed by atoms with van der Waals surface area (Å²) in [6, 6.07) is 24.0. The molecule has 0 atom stereocenters. The molecule has 0 saturated carbocycles. The minimum Gasteiger partial charge on any atom is -0.490 e. The van der Waals surface area contributed by atoms with Gasteiger partial charge in [0, 0.05) is 23.6 Å². The number of hydrogen-bond acceptors (Lipinski definition) is 4.